The van der Waals surface area contributed by atoms with Crippen molar-refractivity contribution in [2.45, 2.75) is 78.9 Å². The van der Waals surface area contributed by atoms with Gasteiger partial charge >= 0.3 is 11.9 Å². The summed E-state index contributed by atoms with van der Waals surface area (Å²) in [6.45, 7) is 7.19. The van der Waals surface area contributed by atoms with Gasteiger partial charge < -0.3 is 28.6 Å². The maximum atomic E-state index is 14.9. The fraction of sp³-hybridized carbons (Fsp3) is 0.500. The molecule has 0 aromatic heterocycles. The van der Waals surface area contributed by atoms with Crippen LogP contribution >= 0.6 is 0 Å². The molecule has 2 aromatic carbocycles. The van der Waals surface area contributed by atoms with Crippen LogP contribution < -0.4 is 14.2 Å². The largest absolute Gasteiger partial charge is 0.493 e. The highest BCUT2D eigenvalue weighted by molar-refractivity contribution is 6.38. The van der Waals surface area contributed by atoms with Crippen LogP contribution in [0.2, 0.25) is 0 Å². The lowest BCUT2D eigenvalue weighted by Gasteiger charge is -2.36. The second kappa shape index (κ2) is 18.4. The Morgan fingerprint density at radius 2 is 1.69 bits per heavy atom. The van der Waals surface area contributed by atoms with Crippen LogP contribution in [0, 0.1) is 23.0 Å². The van der Waals surface area contributed by atoms with Crippen molar-refractivity contribution in [1.82, 2.24) is 4.90 Å². The molecule has 1 amide bonds. The molecule has 2 atom stereocenters. The molecule has 2 aromatic rings. The second-order valence-corrected chi connectivity index (χ2v) is 13.4. The number of ketones is 2. The molecule has 11 nitrogen and oxygen atoms in total. The fourth-order valence-corrected chi connectivity index (χ4v) is 5.38. The van der Waals surface area contributed by atoms with E-state index < -0.39 is 71.0 Å². The molecule has 0 spiro atoms. The lowest BCUT2D eigenvalue weighted by molar-refractivity contribution is -0.165. The highest BCUT2D eigenvalue weighted by atomic mass is 19.2. The number of aryl methyl sites for hydroxylation is 1. The maximum absolute atomic E-state index is 14.9. The molecule has 1 heterocycles. The van der Waals surface area contributed by atoms with E-state index in [1.807, 2.05) is 13.8 Å². The minimum Gasteiger partial charge on any atom is -0.493 e. The minimum absolute atomic E-state index is 0.0560. The zero-order valence-corrected chi connectivity index (χ0v) is 30.2. The number of nitrogens with zero attached hydrogens (tertiary/aromatic N) is 1. The summed E-state index contributed by atoms with van der Waals surface area (Å²) in [7, 11) is 2.98. The molecular weight excluding hydrogens is 668 g/mol. The van der Waals surface area contributed by atoms with Gasteiger partial charge in [-0.25, -0.2) is 14.0 Å². The number of carbonyl (C=O) groups excluding carboxylic acids is 5. The van der Waals surface area contributed by atoms with Crippen molar-refractivity contribution in [2.24, 2.45) is 11.3 Å². The molecule has 0 saturated carbocycles. The van der Waals surface area contributed by atoms with Gasteiger partial charge in [-0.1, -0.05) is 26.0 Å². The van der Waals surface area contributed by atoms with E-state index in [-0.39, 0.29) is 43.9 Å². The lowest BCUT2D eigenvalue weighted by Crippen LogP contribution is -2.53. The molecule has 0 radical (unpaired) electrons. The first-order chi connectivity index (χ1) is 24.1. The molecule has 1 aliphatic rings. The van der Waals surface area contributed by atoms with E-state index in [0.29, 0.717) is 24.3 Å². The topological polar surface area (TPSA) is 135 Å². The number of rotatable bonds is 17. The monoisotopic (exact) mass is 715 g/mol. The van der Waals surface area contributed by atoms with Gasteiger partial charge in [0.1, 0.15) is 25.4 Å². The SMILES string of the molecule is COc1ccc(CC[C@@H](OC(=O)[C@@H]2CCCCN2C(=O)C(=O)C(C)(C)COC(=O)/C=C\C(C)C)c2cc(F)c(F)c(OCC(C)=O)c2)cc1OC. The number of likely N-dealkylation sites (tertiary alicyclic amines) is 1. The minimum atomic E-state index is -1.39. The number of amides is 1. The first-order valence-electron chi connectivity index (χ1n) is 16.8. The maximum Gasteiger partial charge on any atom is 0.330 e. The lowest BCUT2D eigenvalue weighted by atomic mass is 9.87. The van der Waals surface area contributed by atoms with E-state index in [4.69, 9.17) is 23.7 Å². The highest BCUT2D eigenvalue weighted by Gasteiger charge is 2.42. The molecule has 0 aliphatic carbocycles. The number of halogens is 2. The molecule has 3 rings (SSSR count). The van der Waals surface area contributed by atoms with Crippen LogP contribution in [0.5, 0.6) is 17.2 Å². The van der Waals surface area contributed by atoms with Crippen LogP contribution in [0.4, 0.5) is 8.78 Å². The average molecular weight is 716 g/mol. The Labute approximate surface area is 297 Å². The van der Waals surface area contributed by atoms with Crippen molar-refractivity contribution in [1.29, 1.82) is 0 Å². The third-order valence-electron chi connectivity index (χ3n) is 8.26. The van der Waals surface area contributed by atoms with E-state index in [1.165, 1.54) is 47.1 Å². The van der Waals surface area contributed by atoms with Crippen molar-refractivity contribution in [2.75, 3.05) is 34.0 Å². The van der Waals surface area contributed by atoms with Crippen molar-refractivity contribution in [3.05, 3.63) is 65.2 Å². The van der Waals surface area contributed by atoms with Crippen molar-refractivity contribution in [3.63, 3.8) is 0 Å². The van der Waals surface area contributed by atoms with E-state index in [2.05, 4.69) is 0 Å². The Morgan fingerprint density at radius 1 is 0.980 bits per heavy atom. The zero-order chi connectivity index (χ0) is 37.9. The molecular formula is C38H47F2NO10. The summed E-state index contributed by atoms with van der Waals surface area (Å²) in [5.74, 6) is -5.73. The normalized spacial score (nSPS) is 15.3. The van der Waals surface area contributed by atoms with Gasteiger partial charge in [0.2, 0.25) is 11.6 Å². The zero-order valence-electron chi connectivity index (χ0n) is 30.2. The van der Waals surface area contributed by atoms with Gasteiger partial charge in [-0.3, -0.25) is 14.4 Å². The summed E-state index contributed by atoms with van der Waals surface area (Å²) < 4.78 is 56.7. The number of allylic oxidation sites excluding steroid dienone is 1. The molecule has 1 fully saturated rings. The van der Waals surface area contributed by atoms with Crippen LogP contribution in [0.3, 0.4) is 0 Å². The summed E-state index contributed by atoms with van der Waals surface area (Å²) in [5, 5.41) is 0. The Hall–Kier alpha value is -4.81. The van der Waals surface area contributed by atoms with Gasteiger partial charge in [0.05, 0.1) is 19.6 Å². The summed E-state index contributed by atoms with van der Waals surface area (Å²) in [4.78, 5) is 65.7. The first-order valence-corrected chi connectivity index (χ1v) is 16.8. The van der Waals surface area contributed by atoms with Crippen LogP contribution in [0.25, 0.3) is 0 Å². The van der Waals surface area contributed by atoms with Crippen LogP contribution in [0.15, 0.2) is 42.5 Å². The molecule has 1 saturated heterocycles. The summed E-state index contributed by atoms with van der Waals surface area (Å²) in [5.41, 5.74) is -0.582. The van der Waals surface area contributed by atoms with E-state index in [1.54, 1.807) is 24.3 Å². The molecule has 13 heteroatoms. The smallest absolute Gasteiger partial charge is 0.330 e. The predicted octanol–water partition coefficient (Wildman–Crippen LogP) is 5.90. The van der Waals surface area contributed by atoms with Crippen molar-refractivity contribution < 1.29 is 56.4 Å². The third kappa shape index (κ3) is 11.3. The Kier molecular flexibility index (Phi) is 14.7. The molecule has 0 unspecified atom stereocenters. The van der Waals surface area contributed by atoms with Crippen LogP contribution in [0.1, 0.15) is 77.5 Å². The van der Waals surface area contributed by atoms with E-state index in [9.17, 15) is 32.8 Å². The van der Waals surface area contributed by atoms with E-state index in [0.717, 1.165) is 16.5 Å². The predicted molar refractivity (Wildman–Crippen MR) is 182 cm³/mol. The van der Waals surface area contributed by atoms with Gasteiger partial charge in [-0.05, 0) is 94.2 Å². The number of carbonyl (C=O) groups is 5. The standard InChI is InChI=1S/C38H47F2NO10/c1-23(2)11-16-33(43)50-22-38(4,5)35(44)36(45)41-17-9-8-10-28(41)37(46)51-29(14-12-25-13-15-30(47-6)31(18-25)48-7)26-19-27(39)34(40)32(20-26)49-21-24(3)42/h11,13,15-16,18-20,23,28-29H,8-10,12,14,17,21-22H2,1-7H3/b16-11-/t28-,29+/m0/s1. The molecule has 0 N–H and O–H groups in total. The van der Waals surface area contributed by atoms with E-state index >= 15 is 0 Å². The highest BCUT2D eigenvalue weighted by Crippen LogP contribution is 2.34. The second-order valence-electron chi connectivity index (χ2n) is 13.4. The number of esters is 2. The number of Topliss-reactive ketones (excluding diaryl/α,β-unsaturated/α-hetero) is 2. The fourth-order valence-electron chi connectivity index (χ4n) is 5.38. The van der Waals surface area contributed by atoms with Crippen LogP contribution in [-0.2, 0) is 39.9 Å². The van der Waals surface area contributed by atoms with Gasteiger partial charge in [0.15, 0.2) is 28.8 Å². The Balaban J connectivity index is 1.88. The quantitative estimate of drug-likeness (QED) is 0.111. The molecule has 1 aliphatic heterocycles. The summed E-state index contributed by atoms with van der Waals surface area (Å²) >= 11 is 0. The molecule has 278 valence electrons. The van der Waals surface area contributed by atoms with Gasteiger partial charge in [-0.2, -0.15) is 4.39 Å². The number of methoxy groups -OCH3 is 2. The number of ether oxygens (including phenoxy) is 5. The number of piperidine rings is 1. The molecule has 0 bridgehead atoms. The Morgan fingerprint density at radius 3 is 2.33 bits per heavy atom. The number of benzene rings is 2. The Bertz CT molecular complexity index is 1620. The number of hydrogen-bond donors (Lipinski definition) is 0. The first kappa shape index (κ1) is 40.6. The summed E-state index contributed by atoms with van der Waals surface area (Å²) in [6, 6.07) is 6.12. The molecule has 51 heavy (non-hydrogen) atoms. The van der Waals surface area contributed by atoms with Gasteiger partial charge in [0, 0.05) is 12.6 Å². The van der Waals surface area contributed by atoms with Gasteiger partial charge in [-0.15, -0.1) is 0 Å². The van der Waals surface area contributed by atoms with Crippen LogP contribution in [-0.4, -0.2) is 74.3 Å². The number of hydrogen-bond acceptors (Lipinski definition) is 10. The van der Waals surface area contributed by atoms with Crippen molar-refractivity contribution in [3.8, 4) is 17.2 Å². The van der Waals surface area contributed by atoms with Gasteiger partial charge in [0.25, 0.3) is 5.91 Å². The summed E-state index contributed by atoms with van der Waals surface area (Å²) in [6.07, 6.45) is 3.40. The third-order valence-corrected chi connectivity index (χ3v) is 8.26. The van der Waals surface area contributed by atoms with Crippen molar-refractivity contribution >= 4 is 29.4 Å². The average Bonchev–Trinajstić information content (AvgIpc) is 3.11.